The maximum Gasteiger partial charge on any atom is 0.0393 e. The zero-order chi connectivity index (χ0) is 12.5. The van der Waals surface area contributed by atoms with Gasteiger partial charge in [-0.1, -0.05) is 31.0 Å². The van der Waals surface area contributed by atoms with Gasteiger partial charge >= 0.3 is 0 Å². The van der Waals surface area contributed by atoms with E-state index in [1.165, 1.54) is 36.9 Å². The van der Waals surface area contributed by atoms with Crippen molar-refractivity contribution in [2.45, 2.75) is 32.6 Å². The van der Waals surface area contributed by atoms with Crippen LogP contribution in [0, 0.1) is 6.92 Å². The minimum atomic E-state index is 1.15. The first-order chi connectivity index (χ1) is 8.25. The van der Waals surface area contributed by atoms with E-state index in [-0.39, 0.29) is 0 Å². The minimum Gasteiger partial charge on any atom is -0.374 e. The number of nitrogens with one attached hydrogen (secondary N) is 1. The fraction of sp³-hybridized carbons (Fsp3) is 0.600. The van der Waals surface area contributed by atoms with Crippen LogP contribution < -0.4 is 10.2 Å². The Morgan fingerprint density at radius 3 is 2.47 bits per heavy atom. The van der Waals surface area contributed by atoms with Gasteiger partial charge in [0.2, 0.25) is 0 Å². The second-order valence-electron chi connectivity index (χ2n) is 4.73. The molecule has 0 aliphatic carbocycles. The van der Waals surface area contributed by atoms with Gasteiger partial charge in [0.15, 0.2) is 0 Å². The largest absolute Gasteiger partial charge is 0.374 e. The summed E-state index contributed by atoms with van der Waals surface area (Å²) in [7, 11) is 4.21. The Kier molecular flexibility index (Phi) is 6.71. The number of anilines is 1. The second kappa shape index (κ2) is 8.13. The van der Waals surface area contributed by atoms with Crippen LogP contribution in [-0.4, -0.2) is 27.2 Å². The molecule has 1 N–H and O–H groups in total. The number of nitrogens with zero attached hydrogens (tertiary/aromatic N) is 1. The number of rotatable bonds is 8. The van der Waals surface area contributed by atoms with Crippen molar-refractivity contribution in [1.29, 1.82) is 0 Å². The van der Waals surface area contributed by atoms with Crippen LogP contribution in [0.4, 0.5) is 5.69 Å². The van der Waals surface area contributed by atoms with Crippen LogP contribution in [0.3, 0.4) is 0 Å². The molecule has 17 heavy (non-hydrogen) atoms. The highest BCUT2D eigenvalue weighted by molar-refractivity contribution is 5.52. The van der Waals surface area contributed by atoms with Crippen molar-refractivity contribution in [3.8, 4) is 0 Å². The van der Waals surface area contributed by atoms with Crippen molar-refractivity contribution in [1.82, 2.24) is 5.32 Å². The molecule has 2 nitrogen and oxygen atoms in total. The second-order valence-corrected chi connectivity index (χ2v) is 4.73. The van der Waals surface area contributed by atoms with E-state index in [1.807, 2.05) is 7.05 Å². The Hall–Kier alpha value is -1.02. The first kappa shape index (κ1) is 14.0. The summed E-state index contributed by atoms with van der Waals surface area (Å²) >= 11 is 0. The van der Waals surface area contributed by atoms with Crippen LogP contribution >= 0.6 is 0 Å². The van der Waals surface area contributed by atoms with Gasteiger partial charge in [-0.25, -0.2) is 0 Å². The van der Waals surface area contributed by atoms with Gasteiger partial charge < -0.3 is 10.2 Å². The van der Waals surface area contributed by atoms with Crippen LogP contribution in [-0.2, 0) is 0 Å². The molecule has 2 heteroatoms. The summed E-state index contributed by atoms with van der Waals surface area (Å²) in [5, 5.41) is 3.19. The van der Waals surface area contributed by atoms with Crippen LogP contribution in [0.1, 0.15) is 31.2 Å². The molecule has 1 aromatic carbocycles. The van der Waals surface area contributed by atoms with Crippen molar-refractivity contribution in [3.05, 3.63) is 29.8 Å². The average molecular weight is 234 g/mol. The highest BCUT2D eigenvalue weighted by Crippen LogP contribution is 2.18. The number of benzene rings is 1. The van der Waals surface area contributed by atoms with Gasteiger partial charge in [0.05, 0.1) is 0 Å². The molecular formula is C15H26N2. The van der Waals surface area contributed by atoms with Crippen molar-refractivity contribution < 1.29 is 0 Å². The van der Waals surface area contributed by atoms with E-state index in [0.29, 0.717) is 0 Å². The Morgan fingerprint density at radius 2 is 1.76 bits per heavy atom. The molecule has 0 unspecified atom stereocenters. The molecule has 1 aromatic rings. The molecule has 0 heterocycles. The zero-order valence-electron chi connectivity index (χ0n) is 11.5. The van der Waals surface area contributed by atoms with Crippen molar-refractivity contribution in [2.75, 3.05) is 32.1 Å². The van der Waals surface area contributed by atoms with Crippen LogP contribution in [0.5, 0.6) is 0 Å². The Labute approximate surface area is 106 Å². The maximum atomic E-state index is 3.19. The third-order valence-electron chi connectivity index (χ3n) is 3.20. The van der Waals surface area contributed by atoms with Crippen LogP contribution in [0.15, 0.2) is 24.3 Å². The molecule has 0 aliphatic heterocycles. The topological polar surface area (TPSA) is 15.3 Å². The fourth-order valence-electron chi connectivity index (χ4n) is 2.12. The van der Waals surface area contributed by atoms with E-state index in [1.54, 1.807) is 0 Å². The predicted molar refractivity (Wildman–Crippen MR) is 76.8 cm³/mol. The molecule has 0 aliphatic rings. The Balaban J connectivity index is 2.21. The molecule has 0 bridgehead atoms. The lowest BCUT2D eigenvalue weighted by atomic mass is 10.1. The minimum absolute atomic E-state index is 1.15. The summed E-state index contributed by atoms with van der Waals surface area (Å²) < 4.78 is 0. The van der Waals surface area contributed by atoms with Crippen molar-refractivity contribution in [3.63, 3.8) is 0 Å². The third kappa shape index (κ3) is 5.22. The maximum absolute atomic E-state index is 3.19. The van der Waals surface area contributed by atoms with E-state index in [4.69, 9.17) is 0 Å². The highest BCUT2D eigenvalue weighted by atomic mass is 15.1. The predicted octanol–water partition coefficient (Wildman–Crippen LogP) is 3.21. The van der Waals surface area contributed by atoms with Gasteiger partial charge in [-0.3, -0.25) is 0 Å². The standard InChI is InChI=1S/C15H26N2/c1-14-10-6-7-11-15(14)17(3)13-9-5-4-8-12-16-2/h6-7,10-11,16H,4-5,8-9,12-13H2,1-3H3. The number of para-hydroxylation sites is 1. The normalized spacial score (nSPS) is 10.5. The summed E-state index contributed by atoms with van der Waals surface area (Å²) in [5.41, 5.74) is 2.73. The van der Waals surface area contributed by atoms with Gasteiger partial charge in [0, 0.05) is 19.3 Å². The van der Waals surface area contributed by atoms with E-state index in [0.717, 1.165) is 13.1 Å². The summed E-state index contributed by atoms with van der Waals surface area (Å²) in [6, 6.07) is 8.60. The van der Waals surface area contributed by atoms with E-state index >= 15 is 0 Å². The number of aryl methyl sites for hydroxylation is 1. The van der Waals surface area contributed by atoms with Gasteiger partial charge in [-0.15, -0.1) is 0 Å². The Morgan fingerprint density at radius 1 is 1.06 bits per heavy atom. The molecule has 96 valence electrons. The Bertz CT molecular complexity index is 310. The molecule has 0 aromatic heterocycles. The third-order valence-corrected chi connectivity index (χ3v) is 3.20. The molecule has 0 radical (unpaired) electrons. The summed E-state index contributed by atoms with van der Waals surface area (Å²) in [6.07, 6.45) is 5.25. The van der Waals surface area contributed by atoms with Crippen molar-refractivity contribution >= 4 is 5.69 Å². The highest BCUT2D eigenvalue weighted by Gasteiger charge is 2.02. The molecule has 0 spiro atoms. The van der Waals surface area contributed by atoms with E-state index < -0.39 is 0 Å². The molecule has 0 amide bonds. The smallest absolute Gasteiger partial charge is 0.0393 e. The lowest BCUT2D eigenvalue weighted by molar-refractivity contribution is 0.615. The molecule has 0 saturated carbocycles. The van der Waals surface area contributed by atoms with E-state index in [2.05, 4.69) is 48.5 Å². The average Bonchev–Trinajstić information content (AvgIpc) is 2.34. The van der Waals surface area contributed by atoms with Crippen LogP contribution in [0.2, 0.25) is 0 Å². The number of unbranched alkanes of at least 4 members (excludes halogenated alkanes) is 3. The SMILES string of the molecule is CNCCCCCCN(C)c1ccccc1C. The molecule has 0 saturated heterocycles. The van der Waals surface area contributed by atoms with Gasteiger partial charge in [0.1, 0.15) is 0 Å². The quantitative estimate of drug-likeness (QED) is 0.695. The monoisotopic (exact) mass is 234 g/mol. The van der Waals surface area contributed by atoms with Gasteiger partial charge in [-0.05, 0) is 45.0 Å². The van der Waals surface area contributed by atoms with Crippen molar-refractivity contribution in [2.24, 2.45) is 0 Å². The molecular weight excluding hydrogens is 208 g/mol. The summed E-state index contributed by atoms with van der Waals surface area (Å²) in [5.74, 6) is 0. The number of hydrogen-bond donors (Lipinski definition) is 1. The lowest BCUT2D eigenvalue weighted by Gasteiger charge is -2.21. The van der Waals surface area contributed by atoms with Gasteiger partial charge in [0.25, 0.3) is 0 Å². The van der Waals surface area contributed by atoms with E-state index in [9.17, 15) is 0 Å². The first-order valence-electron chi connectivity index (χ1n) is 6.67. The molecule has 0 atom stereocenters. The fourth-order valence-corrected chi connectivity index (χ4v) is 2.12. The summed E-state index contributed by atoms with van der Waals surface area (Å²) in [6.45, 7) is 4.48. The first-order valence-corrected chi connectivity index (χ1v) is 6.67. The lowest BCUT2D eigenvalue weighted by Crippen LogP contribution is -2.19. The van der Waals surface area contributed by atoms with Crippen LogP contribution in [0.25, 0.3) is 0 Å². The molecule has 0 fully saturated rings. The molecule has 1 rings (SSSR count). The zero-order valence-corrected chi connectivity index (χ0v) is 11.5. The number of hydrogen-bond acceptors (Lipinski definition) is 2. The summed E-state index contributed by atoms with van der Waals surface area (Å²) in [4.78, 5) is 2.37. The van der Waals surface area contributed by atoms with Gasteiger partial charge in [-0.2, -0.15) is 0 Å².